The largest absolute Gasteiger partial charge is 0.481 e. The van der Waals surface area contributed by atoms with Crippen LogP contribution in [0.3, 0.4) is 0 Å². The van der Waals surface area contributed by atoms with Crippen LogP contribution in [0.2, 0.25) is 0 Å². The van der Waals surface area contributed by atoms with Crippen LogP contribution < -0.4 is 5.32 Å². The number of nitrogens with one attached hydrogen (secondary N) is 1. The molecule has 0 fully saturated rings. The van der Waals surface area contributed by atoms with E-state index >= 15 is 0 Å². The molecule has 140 valence electrons. The van der Waals surface area contributed by atoms with Gasteiger partial charge >= 0.3 is 11.9 Å². The smallest absolute Gasteiger partial charge is 0.341 e. The third kappa shape index (κ3) is 3.53. The SMILES string of the molecule is COC(=O)c1c(NC(=O)[C@@H]2CC=CC[C@@H]2C(=O)O)sc2c1CC[C@H](C)C2. The van der Waals surface area contributed by atoms with E-state index in [1.807, 2.05) is 6.08 Å². The van der Waals surface area contributed by atoms with Crippen LogP contribution in [-0.2, 0) is 27.2 Å². The van der Waals surface area contributed by atoms with E-state index in [1.54, 1.807) is 6.08 Å². The molecule has 0 aliphatic heterocycles. The lowest BCUT2D eigenvalue weighted by Crippen LogP contribution is -2.34. The van der Waals surface area contributed by atoms with Crippen molar-refractivity contribution in [3.63, 3.8) is 0 Å². The highest BCUT2D eigenvalue weighted by Gasteiger charge is 2.36. The number of hydrogen-bond acceptors (Lipinski definition) is 5. The van der Waals surface area contributed by atoms with E-state index in [1.165, 1.54) is 18.4 Å². The van der Waals surface area contributed by atoms with Crippen molar-refractivity contribution in [3.05, 3.63) is 28.2 Å². The van der Waals surface area contributed by atoms with E-state index in [-0.39, 0.29) is 5.91 Å². The second-order valence-corrected chi connectivity index (χ2v) is 8.14. The molecule has 2 N–H and O–H groups in total. The number of allylic oxidation sites excluding steroid dienone is 2. The van der Waals surface area contributed by atoms with Gasteiger partial charge < -0.3 is 15.2 Å². The lowest BCUT2D eigenvalue weighted by atomic mass is 9.82. The third-order valence-electron chi connectivity index (χ3n) is 5.22. The van der Waals surface area contributed by atoms with Crippen molar-refractivity contribution in [2.24, 2.45) is 17.8 Å². The molecule has 26 heavy (non-hydrogen) atoms. The van der Waals surface area contributed by atoms with Gasteiger partial charge in [0.2, 0.25) is 5.91 Å². The van der Waals surface area contributed by atoms with Crippen LogP contribution in [0.25, 0.3) is 0 Å². The third-order valence-corrected chi connectivity index (χ3v) is 6.39. The van der Waals surface area contributed by atoms with Crippen LogP contribution in [0.15, 0.2) is 12.2 Å². The van der Waals surface area contributed by atoms with E-state index < -0.39 is 23.8 Å². The second-order valence-electron chi connectivity index (χ2n) is 7.03. The first-order valence-electron chi connectivity index (χ1n) is 8.83. The Hall–Kier alpha value is -2.15. The summed E-state index contributed by atoms with van der Waals surface area (Å²) in [5.74, 6) is -2.61. The lowest BCUT2D eigenvalue weighted by molar-refractivity contribution is -0.146. The van der Waals surface area contributed by atoms with Gasteiger partial charge in [0, 0.05) is 4.88 Å². The maximum atomic E-state index is 12.8. The highest BCUT2D eigenvalue weighted by atomic mass is 32.1. The monoisotopic (exact) mass is 377 g/mol. The molecule has 1 aromatic heterocycles. The van der Waals surface area contributed by atoms with Crippen LogP contribution >= 0.6 is 11.3 Å². The number of esters is 1. The number of methoxy groups -OCH3 is 1. The van der Waals surface area contributed by atoms with E-state index in [4.69, 9.17) is 4.74 Å². The summed E-state index contributed by atoms with van der Waals surface area (Å²) in [5, 5.41) is 12.7. The minimum atomic E-state index is -0.970. The van der Waals surface area contributed by atoms with Crippen LogP contribution in [0.1, 0.15) is 47.0 Å². The molecule has 1 aromatic rings. The van der Waals surface area contributed by atoms with Gasteiger partial charge in [0.05, 0.1) is 24.5 Å². The number of amides is 1. The summed E-state index contributed by atoms with van der Waals surface area (Å²) in [4.78, 5) is 37.6. The number of hydrogen-bond donors (Lipinski definition) is 2. The number of carbonyl (C=O) groups is 3. The maximum absolute atomic E-state index is 12.8. The molecular formula is C19H23NO5S. The molecule has 0 aromatic carbocycles. The number of carboxylic acid groups (broad SMARTS) is 1. The zero-order valence-electron chi connectivity index (χ0n) is 14.9. The number of aliphatic carboxylic acids is 1. The summed E-state index contributed by atoms with van der Waals surface area (Å²) in [6, 6.07) is 0. The average molecular weight is 377 g/mol. The van der Waals surface area contributed by atoms with Crippen LogP contribution in [0, 0.1) is 17.8 Å². The van der Waals surface area contributed by atoms with Crippen molar-refractivity contribution in [3.8, 4) is 0 Å². The minimum absolute atomic E-state index is 0.343. The van der Waals surface area contributed by atoms with Gasteiger partial charge in [-0.3, -0.25) is 9.59 Å². The van der Waals surface area contributed by atoms with Crippen molar-refractivity contribution < 1.29 is 24.2 Å². The fourth-order valence-electron chi connectivity index (χ4n) is 3.74. The number of rotatable bonds is 4. The summed E-state index contributed by atoms with van der Waals surface area (Å²) >= 11 is 1.41. The van der Waals surface area contributed by atoms with E-state index in [0.29, 0.717) is 29.3 Å². The van der Waals surface area contributed by atoms with Crippen LogP contribution in [0.5, 0.6) is 0 Å². The predicted octanol–water partition coefficient (Wildman–Crippen LogP) is 3.27. The summed E-state index contributed by atoms with van der Waals surface area (Å²) in [6.07, 6.45) is 7.03. The van der Waals surface area contributed by atoms with Crippen molar-refractivity contribution in [2.45, 2.75) is 39.0 Å². The predicted molar refractivity (Wildman–Crippen MR) is 98.5 cm³/mol. The molecule has 6 nitrogen and oxygen atoms in total. The molecule has 0 saturated carbocycles. The Morgan fingerprint density at radius 3 is 2.58 bits per heavy atom. The lowest BCUT2D eigenvalue weighted by Gasteiger charge is -2.24. The van der Waals surface area contributed by atoms with Gasteiger partial charge in [-0.2, -0.15) is 0 Å². The van der Waals surface area contributed by atoms with Gasteiger partial charge in [-0.1, -0.05) is 19.1 Å². The zero-order valence-corrected chi connectivity index (χ0v) is 15.7. The zero-order chi connectivity index (χ0) is 18.8. The molecule has 2 aliphatic carbocycles. The normalized spacial score (nSPS) is 24.6. The Morgan fingerprint density at radius 2 is 1.92 bits per heavy atom. The Balaban J connectivity index is 1.89. The molecule has 1 amide bonds. The van der Waals surface area contributed by atoms with E-state index in [0.717, 1.165) is 29.7 Å². The van der Waals surface area contributed by atoms with Gasteiger partial charge in [-0.15, -0.1) is 11.3 Å². The maximum Gasteiger partial charge on any atom is 0.341 e. The van der Waals surface area contributed by atoms with Gasteiger partial charge in [-0.25, -0.2) is 4.79 Å². The summed E-state index contributed by atoms with van der Waals surface area (Å²) in [7, 11) is 1.33. The average Bonchev–Trinajstić information content (AvgIpc) is 2.97. The Bertz CT molecular complexity index is 766. The molecular weight excluding hydrogens is 354 g/mol. The number of carbonyl (C=O) groups excluding carboxylic acids is 2. The van der Waals surface area contributed by atoms with Crippen molar-refractivity contribution in [1.82, 2.24) is 0 Å². The molecule has 1 heterocycles. The van der Waals surface area contributed by atoms with Crippen molar-refractivity contribution >= 4 is 34.2 Å². The molecule has 3 rings (SSSR count). The Morgan fingerprint density at radius 1 is 1.23 bits per heavy atom. The van der Waals surface area contributed by atoms with E-state index in [2.05, 4.69) is 12.2 Å². The number of fused-ring (bicyclic) bond motifs is 1. The molecule has 0 bridgehead atoms. The molecule has 3 atom stereocenters. The number of ether oxygens (including phenoxy) is 1. The summed E-state index contributed by atoms with van der Waals surface area (Å²) in [5.41, 5.74) is 1.40. The van der Waals surface area contributed by atoms with Gasteiger partial charge in [0.15, 0.2) is 0 Å². The molecule has 0 spiro atoms. The highest BCUT2D eigenvalue weighted by molar-refractivity contribution is 7.17. The van der Waals surface area contributed by atoms with Crippen LogP contribution in [-0.4, -0.2) is 30.1 Å². The van der Waals surface area contributed by atoms with Gasteiger partial charge in [-0.05, 0) is 43.6 Å². The van der Waals surface area contributed by atoms with Crippen LogP contribution in [0.4, 0.5) is 5.00 Å². The number of anilines is 1. The minimum Gasteiger partial charge on any atom is -0.481 e. The molecule has 0 saturated heterocycles. The van der Waals surface area contributed by atoms with Crippen molar-refractivity contribution in [1.29, 1.82) is 0 Å². The number of carboxylic acids is 1. The topological polar surface area (TPSA) is 92.7 Å². The Labute approximate surface area is 156 Å². The highest BCUT2D eigenvalue weighted by Crippen LogP contribution is 2.40. The molecule has 0 radical (unpaired) electrons. The standard InChI is InChI=1S/C19H23NO5S/c1-10-7-8-13-14(9-10)26-17(15(13)19(24)25-2)20-16(21)11-5-3-4-6-12(11)18(22)23/h3-4,10-12H,5-9H2,1-2H3,(H,20,21)(H,22,23)/t10-,11+,12-/m0/s1. The molecule has 2 aliphatic rings. The van der Waals surface area contributed by atoms with E-state index in [9.17, 15) is 19.5 Å². The van der Waals surface area contributed by atoms with Crippen molar-refractivity contribution in [2.75, 3.05) is 12.4 Å². The molecule has 7 heteroatoms. The molecule has 0 unspecified atom stereocenters. The second kappa shape index (κ2) is 7.61. The summed E-state index contributed by atoms with van der Waals surface area (Å²) in [6.45, 7) is 2.17. The fourth-order valence-corrected chi connectivity index (χ4v) is 5.14. The first-order valence-corrected chi connectivity index (χ1v) is 9.65. The first-order chi connectivity index (χ1) is 12.4. The van der Waals surface area contributed by atoms with Gasteiger partial charge in [0.25, 0.3) is 0 Å². The summed E-state index contributed by atoms with van der Waals surface area (Å²) < 4.78 is 4.93. The first kappa shape index (κ1) is 18.6. The fraction of sp³-hybridized carbons (Fsp3) is 0.526. The number of thiophene rings is 1. The Kier molecular flexibility index (Phi) is 5.46. The van der Waals surface area contributed by atoms with Gasteiger partial charge in [0.1, 0.15) is 5.00 Å². The quantitative estimate of drug-likeness (QED) is 0.621.